The second kappa shape index (κ2) is 6.23. The van der Waals surface area contributed by atoms with E-state index in [0.717, 1.165) is 31.0 Å². The van der Waals surface area contributed by atoms with E-state index < -0.39 is 0 Å². The second-order valence-electron chi connectivity index (χ2n) is 4.53. The fraction of sp³-hybridized carbons (Fsp3) is 0.312. The smallest absolute Gasteiger partial charge is 0.200 e. The molecule has 0 atom stereocenters. The highest BCUT2D eigenvalue weighted by atomic mass is 16.4. The predicted molar refractivity (Wildman–Crippen MR) is 77.1 cm³/mol. The molecular formula is C16H19NO2. The van der Waals surface area contributed by atoms with Gasteiger partial charge in [0, 0.05) is 25.2 Å². The van der Waals surface area contributed by atoms with Crippen molar-refractivity contribution in [2.24, 2.45) is 0 Å². The van der Waals surface area contributed by atoms with E-state index in [1.54, 1.807) is 6.07 Å². The lowest BCUT2D eigenvalue weighted by atomic mass is 10.2. The van der Waals surface area contributed by atoms with E-state index in [1.165, 1.54) is 6.92 Å². The summed E-state index contributed by atoms with van der Waals surface area (Å²) < 4.78 is 5.64. The standard InChI is InChI=1S/C16H19NO2/c1-3-4-12-17(14-8-6-5-7-9-14)16-11-10-15(19-16)13(2)18/h5-11H,3-4,12H2,1-2H3. The van der Waals surface area contributed by atoms with Gasteiger partial charge in [0.1, 0.15) is 0 Å². The first-order valence-corrected chi connectivity index (χ1v) is 6.65. The number of anilines is 2. The van der Waals surface area contributed by atoms with Gasteiger partial charge in [0.2, 0.25) is 5.88 Å². The molecule has 1 aromatic carbocycles. The maximum absolute atomic E-state index is 11.3. The zero-order valence-corrected chi connectivity index (χ0v) is 11.4. The number of carbonyl (C=O) groups excluding carboxylic acids is 1. The molecule has 1 aromatic heterocycles. The van der Waals surface area contributed by atoms with Gasteiger partial charge in [-0.25, -0.2) is 0 Å². The quantitative estimate of drug-likeness (QED) is 0.718. The van der Waals surface area contributed by atoms with Gasteiger partial charge in [0.05, 0.1) is 0 Å². The molecule has 0 bridgehead atoms. The molecule has 0 N–H and O–H groups in total. The maximum Gasteiger partial charge on any atom is 0.200 e. The summed E-state index contributed by atoms with van der Waals surface area (Å²) in [4.78, 5) is 13.4. The molecule has 3 nitrogen and oxygen atoms in total. The summed E-state index contributed by atoms with van der Waals surface area (Å²) in [7, 11) is 0. The molecule has 0 aliphatic carbocycles. The normalized spacial score (nSPS) is 10.4. The number of unbranched alkanes of at least 4 members (excludes halogenated alkanes) is 1. The minimum Gasteiger partial charge on any atom is -0.437 e. The zero-order valence-electron chi connectivity index (χ0n) is 11.4. The largest absolute Gasteiger partial charge is 0.437 e. The molecule has 0 aliphatic heterocycles. The average molecular weight is 257 g/mol. The van der Waals surface area contributed by atoms with Crippen molar-refractivity contribution < 1.29 is 9.21 Å². The highest BCUT2D eigenvalue weighted by Crippen LogP contribution is 2.27. The lowest BCUT2D eigenvalue weighted by Crippen LogP contribution is -2.17. The molecular weight excluding hydrogens is 238 g/mol. The number of rotatable bonds is 6. The van der Waals surface area contributed by atoms with Gasteiger partial charge in [-0.3, -0.25) is 4.79 Å². The van der Waals surface area contributed by atoms with Crippen LogP contribution in [0.2, 0.25) is 0 Å². The molecule has 0 amide bonds. The number of hydrogen-bond acceptors (Lipinski definition) is 3. The van der Waals surface area contributed by atoms with Crippen LogP contribution in [0.15, 0.2) is 46.9 Å². The summed E-state index contributed by atoms with van der Waals surface area (Å²) in [5.41, 5.74) is 1.08. The van der Waals surface area contributed by atoms with Crippen molar-refractivity contribution in [2.45, 2.75) is 26.7 Å². The van der Waals surface area contributed by atoms with E-state index in [-0.39, 0.29) is 5.78 Å². The van der Waals surface area contributed by atoms with Crippen molar-refractivity contribution in [1.82, 2.24) is 0 Å². The van der Waals surface area contributed by atoms with Crippen LogP contribution in [0, 0.1) is 0 Å². The van der Waals surface area contributed by atoms with Gasteiger partial charge in [0.15, 0.2) is 11.5 Å². The Morgan fingerprint density at radius 1 is 1.16 bits per heavy atom. The molecule has 19 heavy (non-hydrogen) atoms. The Morgan fingerprint density at radius 3 is 2.47 bits per heavy atom. The Labute approximate surface area is 113 Å². The highest BCUT2D eigenvalue weighted by molar-refractivity contribution is 5.91. The number of hydrogen-bond donors (Lipinski definition) is 0. The number of Topliss-reactive ketones (excluding diaryl/α,β-unsaturated/α-hetero) is 1. The monoisotopic (exact) mass is 257 g/mol. The Morgan fingerprint density at radius 2 is 1.89 bits per heavy atom. The summed E-state index contributed by atoms with van der Waals surface area (Å²) >= 11 is 0. The molecule has 0 saturated carbocycles. The summed E-state index contributed by atoms with van der Waals surface area (Å²) in [5.74, 6) is 1.09. The van der Waals surface area contributed by atoms with Crippen LogP contribution in [0.5, 0.6) is 0 Å². The van der Waals surface area contributed by atoms with Crippen LogP contribution in [0.1, 0.15) is 37.2 Å². The van der Waals surface area contributed by atoms with E-state index in [2.05, 4.69) is 11.8 Å². The molecule has 0 spiro atoms. The molecule has 0 unspecified atom stereocenters. The number of benzene rings is 1. The van der Waals surface area contributed by atoms with E-state index >= 15 is 0 Å². The van der Waals surface area contributed by atoms with Crippen molar-refractivity contribution in [2.75, 3.05) is 11.4 Å². The van der Waals surface area contributed by atoms with Crippen LogP contribution in [0.4, 0.5) is 11.6 Å². The second-order valence-corrected chi connectivity index (χ2v) is 4.53. The van der Waals surface area contributed by atoms with Crippen molar-refractivity contribution in [1.29, 1.82) is 0 Å². The summed E-state index contributed by atoms with van der Waals surface area (Å²) in [6.45, 7) is 4.55. The third-order valence-electron chi connectivity index (χ3n) is 3.01. The molecule has 1 heterocycles. The molecule has 0 radical (unpaired) electrons. The van der Waals surface area contributed by atoms with E-state index in [1.807, 2.05) is 36.4 Å². The first kappa shape index (κ1) is 13.4. The van der Waals surface area contributed by atoms with Gasteiger partial charge >= 0.3 is 0 Å². The van der Waals surface area contributed by atoms with Crippen molar-refractivity contribution >= 4 is 17.4 Å². The van der Waals surface area contributed by atoms with Crippen LogP contribution in [0.25, 0.3) is 0 Å². The summed E-state index contributed by atoms with van der Waals surface area (Å²) in [5, 5.41) is 0. The summed E-state index contributed by atoms with van der Waals surface area (Å²) in [6, 6.07) is 13.7. The number of ketones is 1. The Bertz CT molecular complexity index is 531. The van der Waals surface area contributed by atoms with Gasteiger partial charge < -0.3 is 9.32 Å². The number of para-hydroxylation sites is 1. The van der Waals surface area contributed by atoms with Gasteiger partial charge in [-0.05, 0) is 24.6 Å². The minimum absolute atomic E-state index is 0.0465. The number of furan rings is 1. The van der Waals surface area contributed by atoms with Gasteiger partial charge in [-0.2, -0.15) is 0 Å². The molecule has 100 valence electrons. The van der Waals surface area contributed by atoms with Crippen LogP contribution in [-0.4, -0.2) is 12.3 Å². The molecule has 3 heteroatoms. The van der Waals surface area contributed by atoms with Crippen molar-refractivity contribution in [3.05, 3.63) is 48.2 Å². The number of nitrogens with zero attached hydrogens (tertiary/aromatic N) is 1. The van der Waals surface area contributed by atoms with Crippen LogP contribution >= 0.6 is 0 Å². The predicted octanol–water partition coefficient (Wildman–Crippen LogP) is 4.42. The first-order chi connectivity index (χ1) is 9.22. The fourth-order valence-electron chi connectivity index (χ4n) is 1.95. The van der Waals surface area contributed by atoms with Crippen molar-refractivity contribution in [3.63, 3.8) is 0 Å². The Balaban J connectivity index is 2.28. The van der Waals surface area contributed by atoms with E-state index in [4.69, 9.17) is 4.42 Å². The maximum atomic E-state index is 11.3. The Hall–Kier alpha value is -2.03. The SMILES string of the molecule is CCCCN(c1ccccc1)c1ccc(C(C)=O)o1. The summed E-state index contributed by atoms with van der Waals surface area (Å²) in [6.07, 6.45) is 2.19. The van der Waals surface area contributed by atoms with E-state index in [0.29, 0.717) is 5.76 Å². The zero-order chi connectivity index (χ0) is 13.7. The number of carbonyl (C=O) groups is 1. The van der Waals surface area contributed by atoms with Crippen LogP contribution in [-0.2, 0) is 0 Å². The van der Waals surface area contributed by atoms with Gasteiger partial charge in [-0.15, -0.1) is 0 Å². The van der Waals surface area contributed by atoms with Gasteiger partial charge in [-0.1, -0.05) is 31.5 Å². The molecule has 2 aromatic rings. The molecule has 0 fully saturated rings. The third kappa shape index (κ3) is 3.25. The molecule has 0 aliphatic rings. The first-order valence-electron chi connectivity index (χ1n) is 6.65. The van der Waals surface area contributed by atoms with Gasteiger partial charge in [0.25, 0.3) is 0 Å². The average Bonchev–Trinajstić information content (AvgIpc) is 2.90. The van der Waals surface area contributed by atoms with Crippen LogP contribution in [0.3, 0.4) is 0 Å². The fourth-order valence-corrected chi connectivity index (χ4v) is 1.95. The lowest BCUT2D eigenvalue weighted by molar-refractivity contribution is 0.0988. The molecule has 2 rings (SSSR count). The van der Waals surface area contributed by atoms with E-state index in [9.17, 15) is 4.79 Å². The topological polar surface area (TPSA) is 33.5 Å². The van der Waals surface area contributed by atoms with Crippen molar-refractivity contribution in [3.8, 4) is 0 Å². The third-order valence-corrected chi connectivity index (χ3v) is 3.01. The minimum atomic E-state index is -0.0465. The highest BCUT2D eigenvalue weighted by Gasteiger charge is 2.14. The lowest BCUT2D eigenvalue weighted by Gasteiger charge is -2.21. The van der Waals surface area contributed by atoms with Crippen LogP contribution < -0.4 is 4.90 Å². The molecule has 0 saturated heterocycles. The Kier molecular flexibility index (Phi) is 4.39.